The number of ether oxygens (including phenoxy) is 1. The molecular weight excluding hydrogens is 314 g/mol. The van der Waals surface area contributed by atoms with Crippen molar-refractivity contribution in [2.45, 2.75) is 13.3 Å². The van der Waals surface area contributed by atoms with E-state index in [-0.39, 0.29) is 25.5 Å². The smallest absolute Gasteiger partial charge is 0.329 e. The first kappa shape index (κ1) is 15.7. The molecule has 0 bridgehead atoms. The van der Waals surface area contributed by atoms with Gasteiger partial charge in [-0.25, -0.2) is 4.79 Å². The molecule has 0 fully saturated rings. The number of hydrogen-bond donors (Lipinski definition) is 2. The predicted octanol–water partition coefficient (Wildman–Crippen LogP) is 1.52. The fourth-order valence-electron chi connectivity index (χ4n) is 1.42. The molecule has 0 saturated heterocycles. The van der Waals surface area contributed by atoms with Gasteiger partial charge in [0.2, 0.25) is 5.91 Å². The van der Waals surface area contributed by atoms with Crippen LogP contribution in [-0.4, -0.2) is 36.7 Å². The van der Waals surface area contributed by atoms with Crippen molar-refractivity contribution in [3.05, 3.63) is 33.8 Å². The molecule has 0 saturated carbocycles. The summed E-state index contributed by atoms with van der Waals surface area (Å²) in [6.45, 7) is 2.13. The number of benzene rings is 1. The van der Waals surface area contributed by atoms with Crippen molar-refractivity contribution in [3.63, 3.8) is 0 Å². The van der Waals surface area contributed by atoms with Gasteiger partial charge in [0.15, 0.2) is 0 Å². The number of carbonyl (C=O) groups excluding carboxylic acids is 1. The van der Waals surface area contributed by atoms with Crippen LogP contribution in [0.4, 0.5) is 0 Å². The molecule has 5 nitrogen and oxygen atoms in total. The van der Waals surface area contributed by atoms with Gasteiger partial charge in [0.25, 0.3) is 0 Å². The maximum Gasteiger partial charge on any atom is 0.329 e. The van der Waals surface area contributed by atoms with Crippen LogP contribution in [0.2, 0.25) is 0 Å². The van der Waals surface area contributed by atoms with Gasteiger partial charge in [0.05, 0.1) is 13.0 Å². The second-order valence-corrected chi connectivity index (χ2v) is 4.91. The van der Waals surface area contributed by atoms with Crippen LogP contribution in [0.3, 0.4) is 0 Å². The average molecular weight is 330 g/mol. The zero-order valence-corrected chi connectivity index (χ0v) is 12.2. The van der Waals surface area contributed by atoms with E-state index in [0.29, 0.717) is 6.54 Å². The maximum atomic E-state index is 11.6. The van der Waals surface area contributed by atoms with E-state index in [1.807, 2.05) is 25.1 Å². The van der Waals surface area contributed by atoms with Crippen molar-refractivity contribution < 1.29 is 19.4 Å². The van der Waals surface area contributed by atoms with Gasteiger partial charge < -0.3 is 15.2 Å². The molecule has 0 radical (unpaired) electrons. The summed E-state index contributed by atoms with van der Waals surface area (Å²) in [6, 6.07) is 5.76. The third-order valence-electron chi connectivity index (χ3n) is 2.40. The van der Waals surface area contributed by atoms with Crippen LogP contribution in [-0.2, 0) is 20.7 Å². The summed E-state index contributed by atoms with van der Waals surface area (Å²) in [5, 5.41) is 11.0. The number of aryl methyl sites for hydroxylation is 1. The molecule has 1 aromatic carbocycles. The maximum absolute atomic E-state index is 11.6. The van der Waals surface area contributed by atoms with Gasteiger partial charge in [-0.2, -0.15) is 0 Å². The number of hydrogen-bond acceptors (Lipinski definition) is 3. The Morgan fingerprint density at radius 3 is 2.79 bits per heavy atom. The van der Waals surface area contributed by atoms with E-state index in [1.165, 1.54) is 0 Å². The second-order valence-electron chi connectivity index (χ2n) is 4.06. The Bertz CT molecular complexity index is 462. The van der Waals surface area contributed by atoms with Gasteiger partial charge in [-0.1, -0.05) is 28.1 Å². The molecule has 0 aliphatic rings. The third kappa shape index (κ3) is 6.35. The number of rotatable bonds is 7. The quantitative estimate of drug-likeness (QED) is 0.743. The lowest BCUT2D eigenvalue weighted by Gasteiger charge is -2.06. The lowest BCUT2D eigenvalue weighted by molar-refractivity contribution is -0.142. The molecule has 0 heterocycles. The molecule has 1 amide bonds. The van der Waals surface area contributed by atoms with Gasteiger partial charge in [-0.3, -0.25) is 4.79 Å². The van der Waals surface area contributed by atoms with Crippen LogP contribution in [0.25, 0.3) is 0 Å². The molecule has 0 aliphatic heterocycles. The number of amides is 1. The van der Waals surface area contributed by atoms with Crippen molar-refractivity contribution in [3.8, 4) is 0 Å². The van der Waals surface area contributed by atoms with E-state index in [0.717, 1.165) is 15.6 Å². The third-order valence-corrected chi connectivity index (χ3v) is 3.25. The fraction of sp³-hybridized carbons (Fsp3) is 0.385. The van der Waals surface area contributed by atoms with Crippen molar-refractivity contribution in [1.82, 2.24) is 5.32 Å². The molecule has 0 atom stereocenters. The zero-order chi connectivity index (χ0) is 14.3. The standard InChI is InChI=1S/C13H16BrNO4/c1-9-2-3-10(6-11(9)14)7-12(16)15-4-5-19-8-13(17)18/h2-3,6H,4-5,7-8H2,1H3,(H,15,16)(H,17,18). The number of carboxylic acids is 1. The van der Waals surface area contributed by atoms with E-state index in [9.17, 15) is 9.59 Å². The number of aliphatic carboxylic acids is 1. The molecule has 1 aromatic rings. The summed E-state index contributed by atoms with van der Waals surface area (Å²) in [5.41, 5.74) is 2.03. The molecule has 0 aromatic heterocycles. The molecule has 6 heteroatoms. The average Bonchev–Trinajstić information content (AvgIpc) is 2.33. The molecule has 0 unspecified atom stereocenters. The molecule has 0 aliphatic carbocycles. The van der Waals surface area contributed by atoms with Gasteiger partial charge in [-0.15, -0.1) is 0 Å². The summed E-state index contributed by atoms with van der Waals surface area (Å²) >= 11 is 3.42. The highest BCUT2D eigenvalue weighted by molar-refractivity contribution is 9.10. The number of carboxylic acid groups (broad SMARTS) is 1. The SMILES string of the molecule is Cc1ccc(CC(=O)NCCOCC(=O)O)cc1Br. The van der Waals surface area contributed by atoms with Crippen LogP contribution < -0.4 is 5.32 Å². The molecule has 104 valence electrons. The van der Waals surface area contributed by atoms with Crippen molar-refractivity contribution >= 4 is 27.8 Å². The predicted molar refractivity (Wildman–Crippen MR) is 74.0 cm³/mol. The van der Waals surface area contributed by atoms with E-state index in [4.69, 9.17) is 9.84 Å². The van der Waals surface area contributed by atoms with E-state index < -0.39 is 5.97 Å². The first-order valence-electron chi connectivity index (χ1n) is 5.80. The lowest BCUT2D eigenvalue weighted by atomic mass is 10.1. The van der Waals surface area contributed by atoms with Crippen molar-refractivity contribution in [2.75, 3.05) is 19.8 Å². The van der Waals surface area contributed by atoms with E-state index in [2.05, 4.69) is 21.2 Å². The normalized spacial score (nSPS) is 10.2. The lowest BCUT2D eigenvalue weighted by Crippen LogP contribution is -2.29. The van der Waals surface area contributed by atoms with Crippen LogP contribution in [0.1, 0.15) is 11.1 Å². The van der Waals surface area contributed by atoms with E-state index in [1.54, 1.807) is 0 Å². The molecule has 1 rings (SSSR count). The first-order chi connectivity index (χ1) is 8.99. The number of carbonyl (C=O) groups is 2. The number of halogens is 1. The van der Waals surface area contributed by atoms with Gasteiger partial charge in [-0.05, 0) is 24.1 Å². The zero-order valence-electron chi connectivity index (χ0n) is 10.6. The van der Waals surface area contributed by atoms with Crippen LogP contribution in [0, 0.1) is 6.92 Å². The van der Waals surface area contributed by atoms with Crippen LogP contribution >= 0.6 is 15.9 Å². The fourth-order valence-corrected chi connectivity index (χ4v) is 1.84. The summed E-state index contributed by atoms with van der Waals surface area (Å²) in [7, 11) is 0. The highest BCUT2D eigenvalue weighted by Crippen LogP contribution is 2.17. The monoisotopic (exact) mass is 329 g/mol. The summed E-state index contributed by atoms with van der Waals surface area (Å²) in [6.07, 6.45) is 0.289. The first-order valence-corrected chi connectivity index (χ1v) is 6.59. The Balaban J connectivity index is 2.27. The molecule has 2 N–H and O–H groups in total. The van der Waals surface area contributed by atoms with Crippen LogP contribution in [0.15, 0.2) is 22.7 Å². The Labute approximate surface area is 120 Å². The van der Waals surface area contributed by atoms with Gasteiger partial charge >= 0.3 is 5.97 Å². The Morgan fingerprint density at radius 1 is 1.42 bits per heavy atom. The van der Waals surface area contributed by atoms with Crippen molar-refractivity contribution in [1.29, 1.82) is 0 Å². The summed E-state index contributed by atoms with van der Waals surface area (Å²) in [4.78, 5) is 21.8. The van der Waals surface area contributed by atoms with Gasteiger partial charge in [0, 0.05) is 11.0 Å². The number of nitrogens with one attached hydrogen (secondary N) is 1. The summed E-state index contributed by atoms with van der Waals surface area (Å²) in [5.74, 6) is -1.13. The Morgan fingerprint density at radius 2 is 2.16 bits per heavy atom. The van der Waals surface area contributed by atoms with Gasteiger partial charge in [0.1, 0.15) is 6.61 Å². The largest absolute Gasteiger partial charge is 0.480 e. The van der Waals surface area contributed by atoms with Crippen LogP contribution in [0.5, 0.6) is 0 Å². The second kappa shape index (κ2) is 7.91. The Kier molecular flexibility index (Phi) is 6.52. The Hall–Kier alpha value is -1.40. The molecular formula is C13H16BrNO4. The topological polar surface area (TPSA) is 75.6 Å². The minimum Gasteiger partial charge on any atom is -0.480 e. The molecule has 0 spiro atoms. The highest BCUT2D eigenvalue weighted by atomic mass is 79.9. The minimum atomic E-state index is -1.02. The minimum absolute atomic E-state index is 0.116. The highest BCUT2D eigenvalue weighted by Gasteiger charge is 2.04. The summed E-state index contributed by atoms with van der Waals surface area (Å²) < 4.78 is 5.78. The molecule has 19 heavy (non-hydrogen) atoms. The van der Waals surface area contributed by atoms with E-state index >= 15 is 0 Å². The van der Waals surface area contributed by atoms with Crippen molar-refractivity contribution in [2.24, 2.45) is 0 Å².